The molecule has 5 atom stereocenters. The van der Waals surface area contributed by atoms with Crippen molar-refractivity contribution in [3.8, 4) is 45.5 Å². The molecule has 4 aromatic rings. The second-order valence-electron chi connectivity index (χ2n) is 19.1. The summed E-state index contributed by atoms with van der Waals surface area (Å²) in [6, 6.07) is 12.7. The Balaban J connectivity index is 1.24. The van der Waals surface area contributed by atoms with Gasteiger partial charge in [0.15, 0.2) is 11.4 Å². The number of unbranched alkanes of at least 4 members (excludes halogenated alkanes) is 1. The molecule has 2 aliphatic rings. The van der Waals surface area contributed by atoms with Gasteiger partial charge in [0.25, 0.3) is 11.8 Å². The van der Waals surface area contributed by atoms with Crippen LogP contribution in [0.15, 0.2) is 48.5 Å². The minimum atomic E-state index is -1.05. The van der Waals surface area contributed by atoms with Crippen LogP contribution in [0.3, 0.4) is 0 Å². The number of ether oxygens (including phenoxy) is 4. The van der Waals surface area contributed by atoms with Crippen LogP contribution in [0.4, 0.5) is 0 Å². The number of hydrogen-bond acceptors (Lipinski definition) is 10. The Morgan fingerprint density at radius 1 is 0.691 bits per heavy atom. The first-order valence-electron chi connectivity index (χ1n) is 24.5. The Kier molecular flexibility index (Phi) is 18.3. The maximum Gasteiger partial charge on any atom is 0.326 e. The van der Waals surface area contributed by atoms with Gasteiger partial charge in [-0.1, -0.05) is 78.4 Å². The van der Waals surface area contributed by atoms with Gasteiger partial charge in [-0.2, -0.15) is 10.2 Å². The molecule has 370 valence electrons. The number of carbonyl (C=O) groups is 4. The molecule has 2 fully saturated rings. The van der Waals surface area contributed by atoms with Gasteiger partial charge in [-0.05, 0) is 105 Å². The Morgan fingerprint density at radius 2 is 1.19 bits per heavy atom. The highest BCUT2D eigenvalue weighted by molar-refractivity contribution is 5.98. The van der Waals surface area contributed by atoms with Crippen LogP contribution in [0.25, 0.3) is 22.5 Å². The number of carboxylic acids is 1. The van der Waals surface area contributed by atoms with Gasteiger partial charge in [0.1, 0.15) is 35.1 Å². The van der Waals surface area contributed by atoms with Crippen molar-refractivity contribution < 1.29 is 43.2 Å². The zero-order valence-corrected chi connectivity index (χ0v) is 41.3. The average molecular weight is 940 g/mol. The monoisotopic (exact) mass is 940 g/mol. The maximum atomic E-state index is 14.3. The number of aromatic nitrogens is 4. The Morgan fingerprint density at radius 3 is 1.68 bits per heavy atom. The first kappa shape index (κ1) is 51.3. The zero-order chi connectivity index (χ0) is 48.9. The number of methoxy groups -OCH3 is 4. The van der Waals surface area contributed by atoms with Crippen molar-refractivity contribution in [3.63, 3.8) is 0 Å². The highest BCUT2D eigenvalue weighted by Gasteiger charge is 2.36. The van der Waals surface area contributed by atoms with Gasteiger partial charge in [-0.3, -0.25) is 23.7 Å². The number of rotatable bonds is 23. The van der Waals surface area contributed by atoms with Crippen LogP contribution >= 0.6 is 0 Å². The first-order chi connectivity index (χ1) is 32.8. The molecule has 2 aromatic carbocycles. The molecule has 0 radical (unpaired) electrons. The zero-order valence-electron chi connectivity index (χ0n) is 41.3. The fraction of sp³-hybridized carbons (Fsp3) is 0.577. The van der Waals surface area contributed by atoms with Crippen molar-refractivity contribution in [1.82, 2.24) is 35.5 Å². The first-order valence-corrected chi connectivity index (χ1v) is 24.5. The van der Waals surface area contributed by atoms with Crippen molar-refractivity contribution in [1.29, 1.82) is 0 Å². The number of benzene rings is 2. The van der Waals surface area contributed by atoms with Crippen LogP contribution in [0.1, 0.15) is 126 Å². The van der Waals surface area contributed by atoms with Crippen LogP contribution in [0, 0.1) is 29.6 Å². The molecule has 0 spiro atoms. The fourth-order valence-electron chi connectivity index (χ4n) is 10.3. The van der Waals surface area contributed by atoms with Crippen LogP contribution in [-0.4, -0.2) is 95.4 Å². The lowest BCUT2D eigenvalue weighted by atomic mass is 9.74. The summed E-state index contributed by atoms with van der Waals surface area (Å²) in [6.45, 7) is 9.88. The van der Waals surface area contributed by atoms with E-state index in [0.29, 0.717) is 65.1 Å². The molecule has 0 bridgehead atoms. The SMILES string of the molecule is CCCCNC(=O)[C@@H](NC(=O)c1cc(-c2c(OC)cccc2OC)n(CC(C)C)n1)C1CCCC(CC(C)Cn2nc(C(=O)N[C@H](C(=O)O)C3CCCCC3)cc2-c2c(OC)cccc2OC)C1. The van der Waals surface area contributed by atoms with E-state index >= 15 is 0 Å². The van der Waals surface area contributed by atoms with Crippen LogP contribution in [0.2, 0.25) is 0 Å². The third-order valence-corrected chi connectivity index (χ3v) is 13.5. The summed E-state index contributed by atoms with van der Waals surface area (Å²) < 4.78 is 26.7. The molecular weight excluding hydrogens is 867 g/mol. The molecule has 68 heavy (non-hydrogen) atoms. The van der Waals surface area contributed by atoms with E-state index in [-0.39, 0.29) is 46.9 Å². The van der Waals surface area contributed by atoms with Crippen molar-refractivity contribution in [2.24, 2.45) is 29.6 Å². The van der Waals surface area contributed by atoms with E-state index in [2.05, 4.69) is 43.6 Å². The van der Waals surface area contributed by atoms with Crippen molar-refractivity contribution in [2.75, 3.05) is 35.0 Å². The molecule has 6 rings (SSSR count). The van der Waals surface area contributed by atoms with Crippen molar-refractivity contribution in [2.45, 2.75) is 130 Å². The second kappa shape index (κ2) is 24.3. The van der Waals surface area contributed by atoms with E-state index in [1.165, 1.54) is 0 Å². The van der Waals surface area contributed by atoms with E-state index < -0.39 is 29.9 Å². The normalized spacial score (nSPS) is 17.7. The molecule has 3 unspecified atom stereocenters. The molecule has 16 nitrogen and oxygen atoms in total. The molecule has 0 aliphatic heterocycles. The molecule has 2 aliphatic carbocycles. The lowest BCUT2D eigenvalue weighted by Crippen LogP contribution is -2.52. The van der Waals surface area contributed by atoms with E-state index in [9.17, 15) is 24.3 Å². The highest BCUT2D eigenvalue weighted by atomic mass is 16.5. The van der Waals surface area contributed by atoms with E-state index in [1.54, 1.807) is 45.3 Å². The summed E-state index contributed by atoms with van der Waals surface area (Å²) in [5, 5.41) is 28.9. The summed E-state index contributed by atoms with van der Waals surface area (Å²) in [5.41, 5.74) is 2.91. The highest BCUT2D eigenvalue weighted by Crippen LogP contribution is 2.41. The van der Waals surface area contributed by atoms with Crippen LogP contribution < -0.4 is 34.9 Å². The third kappa shape index (κ3) is 12.5. The molecule has 2 heterocycles. The van der Waals surface area contributed by atoms with E-state index in [4.69, 9.17) is 29.1 Å². The minimum absolute atomic E-state index is 0.0600. The van der Waals surface area contributed by atoms with E-state index in [0.717, 1.165) is 77.0 Å². The van der Waals surface area contributed by atoms with Gasteiger partial charge in [-0.25, -0.2) is 4.79 Å². The number of carboxylic acid groups (broad SMARTS) is 1. The standard InChI is InChI=1S/C52H73N7O9/c1-9-10-25-53-51(62)47(54-49(60)37-28-39(58(56-37)30-32(2)3)45-41(65-5)21-15-22-42(45)66-6)36-20-14-17-34(27-36)26-33(4)31-59-40(46-43(67-7)23-16-24-44(46)68-8)29-38(57-59)50(61)55-48(52(63)64)35-18-12-11-13-19-35/h15-16,21-24,28-29,32-36,47-48H,9-14,17-20,25-27,30-31H2,1-8H3,(H,53,62)(H,54,60)(H,55,61)(H,63,64)/t33?,34?,36?,47-,48-/m0/s1. The molecular formula is C52H73N7O9. The quantitative estimate of drug-likeness (QED) is 0.0521. The predicted octanol–water partition coefficient (Wildman–Crippen LogP) is 8.41. The van der Waals surface area contributed by atoms with Gasteiger partial charge in [0.2, 0.25) is 5.91 Å². The van der Waals surface area contributed by atoms with Gasteiger partial charge in [0, 0.05) is 19.6 Å². The van der Waals surface area contributed by atoms with Gasteiger partial charge in [-0.15, -0.1) is 0 Å². The molecule has 2 saturated carbocycles. The van der Waals surface area contributed by atoms with Crippen LogP contribution in [-0.2, 0) is 22.7 Å². The Labute approximate surface area is 401 Å². The lowest BCUT2D eigenvalue weighted by Gasteiger charge is -2.35. The summed E-state index contributed by atoms with van der Waals surface area (Å²) in [5.74, 6) is 0.262. The molecule has 2 aromatic heterocycles. The second-order valence-corrected chi connectivity index (χ2v) is 19.1. The topological polar surface area (TPSA) is 197 Å². The summed E-state index contributed by atoms with van der Waals surface area (Å²) >= 11 is 0. The minimum Gasteiger partial charge on any atom is -0.496 e. The number of nitrogens with zero attached hydrogens (tertiary/aromatic N) is 4. The summed E-state index contributed by atoms with van der Waals surface area (Å²) in [4.78, 5) is 54.8. The van der Waals surface area contributed by atoms with Crippen molar-refractivity contribution >= 4 is 23.7 Å². The van der Waals surface area contributed by atoms with Gasteiger partial charge < -0.3 is 40.0 Å². The number of amides is 3. The number of carbonyl (C=O) groups excluding carboxylic acids is 3. The average Bonchev–Trinajstić information content (AvgIpc) is 3.95. The molecule has 3 amide bonds. The number of aliphatic carboxylic acids is 1. The molecule has 4 N–H and O–H groups in total. The third-order valence-electron chi connectivity index (χ3n) is 13.5. The summed E-state index contributed by atoms with van der Waals surface area (Å²) in [6.07, 6.45) is 10.3. The van der Waals surface area contributed by atoms with E-state index in [1.807, 2.05) is 41.1 Å². The summed E-state index contributed by atoms with van der Waals surface area (Å²) in [7, 11) is 6.34. The Hall–Kier alpha value is -6.06. The maximum absolute atomic E-state index is 14.3. The smallest absolute Gasteiger partial charge is 0.326 e. The largest absolute Gasteiger partial charge is 0.496 e. The van der Waals surface area contributed by atoms with Gasteiger partial charge >= 0.3 is 5.97 Å². The van der Waals surface area contributed by atoms with Gasteiger partial charge in [0.05, 0.1) is 51.0 Å². The molecule has 0 saturated heterocycles. The molecule has 16 heteroatoms. The van der Waals surface area contributed by atoms with Crippen LogP contribution in [0.5, 0.6) is 23.0 Å². The number of nitrogens with one attached hydrogen (secondary N) is 3. The fourth-order valence-corrected chi connectivity index (χ4v) is 10.3. The number of hydrogen-bond donors (Lipinski definition) is 4. The van der Waals surface area contributed by atoms with Crippen molar-refractivity contribution in [3.05, 3.63) is 59.9 Å². The Bertz CT molecular complexity index is 2290. The lowest BCUT2D eigenvalue weighted by molar-refractivity contribution is -0.141. The predicted molar refractivity (Wildman–Crippen MR) is 260 cm³/mol.